The Labute approximate surface area is 174 Å². The Balaban J connectivity index is 1.98. The van der Waals surface area contributed by atoms with E-state index in [0.29, 0.717) is 47.1 Å². The highest BCUT2D eigenvalue weighted by Gasteiger charge is 2.36. The van der Waals surface area contributed by atoms with Crippen molar-refractivity contribution in [2.24, 2.45) is 16.3 Å². The van der Waals surface area contributed by atoms with Crippen molar-refractivity contribution in [3.63, 3.8) is 0 Å². The number of furan rings is 1. The van der Waals surface area contributed by atoms with Crippen LogP contribution in [0.5, 0.6) is 11.5 Å². The Morgan fingerprint density at radius 3 is 2.57 bits per heavy atom. The first kappa shape index (κ1) is 21.2. The van der Waals surface area contributed by atoms with E-state index < -0.39 is 11.9 Å². The molecule has 30 heavy (non-hydrogen) atoms. The molecule has 1 aromatic heterocycles. The minimum Gasteiger partial charge on any atom is -0.497 e. The van der Waals surface area contributed by atoms with Gasteiger partial charge in [0.1, 0.15) is 17.3 Å². The monoisotopic (exact) mass is 414 g/mol. The van der Waals surface area contributed by atoms with Gasteiger partial charge >= 0.3 is 6.03 Å². The maximum atomic E-state index is 13.0. The maximum Gasteiger partial charge on any atom is 0.332 e. The predicted octanol–water partition coefficient (Wildman–Crippen LogP) is 3.20. The van der Waals surface area contributed by atoms with Crippen molar-refractivity contribution in [2.75, 3.05) is 19.5 Å². The standard InChI is InChI=1S/C21H26N4O5/c1-11-17-14(24-25-20(22)27)9-21(2,3)10-16(17)30-18(11)19(26)23-13-8-12(28-4)6-7-15(13)29-5/h6-8H,9-10H2,1-5H3,(H,23,26)(H3,22,25,27)/b24-14-. The molecule has 1 aliphatic rings. The average molecular weight is 414 g/mol. The fraction of sp³-hybridized carbons (Fsp3) is 0.381. The van der Waals surface area contributed by atoms with Gasteiger partial charge in [0.05, 0.1) is 25.6 Å². The zero-order valence-corrected chi connectivity index (χ0v) is 17.7. The summed E-state index contributed by atoms with van der Waals surface area (Å²) in [6.07, 6.45) is 1.24. The molecule has 0 bridgehead atoms. The second-order valence-corrected chi connectivity index (χ2v) is 7.93. The second-order valence-electron chi connectivity index (χ2n) is 7.93. The summed E-state index contributed by atoms with van der Waals surface area (Å²) in [5, 5.41) is 6.97. The molecule has 0 unspecified atom stereocenters. The van der Waals surface area contributed by atoms with E-state index in [1.165, 1.54) is 7.11 Å². The minimum atomic E-state index is -0.753. The number of nitrogens with two attached hydrogens (primary N) is 1. The lowest BCUT2D eigenvalue weighted by Crippen LogP contribution is -2.31. The third-order valence-corrected chi connectivity index (χ3v) is 4.96. The summed E-state index contributed by atoms with van der Waals surface area (Å²) in [5.74, 6) is 1.47. The summed E-state index contributed by atoms with van der Waals surface area (Å²) in [7, 11) is 3.06. The molecule has 0 radical (unpaired) electrons. The molecule has 160 valence electrons. The molecule has 0 saturated carbocycles. The molecule has 1 heterocycles. The number of hydrazone groups is 1. The summed E-state index contributed by atoms with van der Waals surface area (Å²) >= 11 is 0. The van der Waals surface area contributed by atoms with Crippen molar-refractivity contribution in [3.05, 3.63) is 40.8 Å². The quantitative estimate of drug-likeness (QED) is 0.647. The number of amides is 3. The molecule has 1 aromatic carbocycles. The van der Waals surface area contributed by atoms with Crippen molar-refractivity contribution in [3.8, 4) is 11.5 Å². The van der Waals surface area contributed by atoms with Crippen molar-refractivity contribution >= 4 is 23.3 Å². The number of nitrogens with one attached hydrogen (secondary N) is 2. The van der Waals surface area contributed by atoms with Gasteiger partial charge in [-0.25, -0.2) is 10.2 Å². The summed E-state index contributed by atoms with van der Waals surface area (Å²) in [6.45, 7) is 5.92. The summed E-state index contributed by atoms with van der Waals surface area (Å²) in [6, 6.07) is 4.36. The first-order valence-electron chi connectivity index (χ1n) is 9.43. The van der Waals surface area contributed by atoms with Gasteiger partial charge in [-0.05, 0) is 30.9 Å². The van der Waals surface area contributed by atoms with E-state index >= 15 is 0 Å². The number of fused-ring (bicyclic) bond motifs is 1. The highest BCUT2D eigenvalue weighted by Crippen LogP contribution is 2.39. The van der Waals surface area contributed by atoms with E-state index in [-0.39, 0.29) is 11.2 Å². The van der Waals surface area contributed by atoms with Gasteiger partial charge in [0, 0.05) is 23.6 Å². The van der Waals surface area contributed by atoms with Crippen LogP contribution >= 0.6 is 0 Å². The van der Waals surface area contributed by atoms with Crippen LogP contribution in [0.2, 0.25) is 0 Å². The number of anilines is 1. The lowest BCUT2D eigenvalue weighted by Gasteiger charge is -2.29. The number of nitrogens with zero attached hydrogens (tertiary/aromatic N) is 1. The first-order valence-corrected chi connectivity index (χ1v) is 9.43. The van der Waals surface area contributed by atoms with E-state index in [4.69, 9.17) is 19.6 Å². The number of hydrogen-bond donors (Lipinski definition) is 3. The van der Waals surface area contributed by atoms with Crippen LogP contribution in [-0.2, 0) is 6.42 Å². The van der Waals surface area contributed by atoms with Gasteiger partial charge < -0.3 is 24.9 Å². The molecule has 0 saturated heterocycles. The molecule has 2 aromatic rings. The van der Waals surface area contributed by atoms with Crippen LogP contribution in [0.3, 0.4) is 0 Å². The Morgan fingerprint density at radius 2 is 1.93 bits per heavy atom. The first-order chi connectivity index (χ1) is 14.1. The molecule has 3 rings (SSSR count). The fourth-order valence-corrected chi connectivity index (χ4v) is 3.64. The Kier molecular flexibility index (Phi) is 5.73. The number of carbonyl (C=O) groups is 2. The molecule has 4 N–H and O–H groups in total. The largest absolute Gasteiger partial charge is 0.497 e. The predicted molar refractivity (Wildman–Crippen MR) is 112 cm³/mol. The van der Waals surface area contributed by atoms with Crippen LogP contribution in [0.25, 0.3) is 0 Å². The number of hydrogen-bond acceptors (Lipinski definition) is 6. The third kappa shape index (κ3) is 4.24. The molecule has 1 aliphatic carbocycles. The summed E-state index contributed by atoms with van der Waals surface area (Å²) < 4.78 is 16.5. The maximum absolute atomic E-state index is 13.0. The van der Waals surface area contributed by atoms with Crippen molar-refractivity contribution in [1.82, 2.24) is 5.43 Å². The van der Waals surface area contributed by atoms with Crippen molar-refractivity contribution in [2.45, 2.75) is 33.6 Å². The van der Waals surface area contributed by atoms with Gasteiger partial charge in [-0.15, -0.1) is 0 Å². The smallest absolute Gasteiger partial charge is 0.332 e. The summed E-state index contributed by atoms with van der Waals surface area (Å²) in [4.78, 5) is 24.1. The lowest BCUT2D eigenvalue weighted by atomic mass is 9.75. The van der Waals surface area contributed by atoms with Gasteiger partial charge in [-0.3, -0.25) is 4.79 Å². The molecule has 3 amide bonds. The van der Waals surface area contributed by atoms with Gasteiger partial charge in [-0.2, -0.15) is 5.10 Å². The van der Waals surface area contributed by atoms with Crippen molar-refractivity contribution < 1.29 is 23.5 Å². The second kappa shape index (κ2) is 8.10. The van der Waals surface area contributed by atoms with Crippen LogP contribution in [0, 0.1) is 12.3 Å². The minimum absolute atomic E-state index is 0.154. The molecule has 9 nitrogen and oxygen atoms in total. The lowest BCUT2D eigenvalue weighted by molar-refractivity contribution is 0.0992. The topological polar surface area (TPSA) is 128 Å². The van der Waals surface area contributed by atoms with E-state index in [9.17, 15) is 9.59 Å². The Hall–Kier alpha value is -3.49. The van der Waals surface area contributed by atoms with Crippen LogP contribution in [0.1, 0.15) is 47.7 Å². The normalized spacial score (nSPS) is 16.0. The molecule has 0 fully saturated rings. The Morgan fingerprint density at radius 1 is 1.20 bits per heavy atom. The number of rotatable bonds is 5. The van der Waals surface area contributed by atoms with E-state index in [1.54, 1.807) is 32.2 Å². The van der Waals surface area contributed by atoms with Gasteiger partial charge in [0.25, 0.3) is 5.91 Å². The van der Waals surface area contributed by atoms with Crippen LogP contribution in [0.4, 0.5) is 10.5 Å². The number of methoxy groups -OCH3 is 2. The highest BCUT2D eigenvalue weighted by molar-refractivity contribution is 6.10. The van der Waals surface area contributed by atoms with Crippen LogP contribution in [0.15, 0.2) is 27.7 Å². The number of urea groups is 1. The molecular weight excluding hydrogens is 388 g/mol. The van der Waals surface area contributed by atoms with E-state index in [2.05, 4.69) is 29.7 Å². The van der Waals surface area contributed by atoms with Gasteiger partial charge in [-0.1, -0.05) is 13.8 Å². The molecule has 0 aliphatic heterocycles. The number of primary amides is 1. The zero-order chi connectivity index (χ0) is 22.1. The van der Waals surface area contributed by atoms with E-state index in [1.807, 2.05) is 0 Å². The third-order valence-electron chi connectivity index (χ3n) is 4.96. The van der Waals surface area contributed by atoms with E-state index in [0.717, 1.165) is 5.56 Å². The molecule has 9 heteroatoms. The molecular formula is C21H26N4O5. The molecule has 0 spiro atoms. The molecule has 0 atom stereocenters. The average Bonchev–Trinajstić information content (AvgIpc) is 3.01. The van der Waals surface area contributed by atoms with Crippen molar-refractivity contribution in [1.29, 1.82) is 0 Å². The fourth-order valence-electron chi connectivity index (χ4n) is 3.64. The summed E-state index contributed by atoms with van der Waals surface area (Å²) in [5.41, 5.74) is 9.74. The Bertz CT molecular complexity index is 1020. The van der Waals surface area contributed by atoms with Gasteiger partial charge in [0.15, 0.2) is 5.76 Å². The van der Waals surface area contributed by atoms with Crippen LogP contribution < -0.4 is 25.9 Å². The zero-order valence-electron chi connectivity index (χ0n) is 17.7. The number of benzene rings is 1. The van der Waals surface area contributed by atoms with Crippen LogP contribution in [-0.4, -0.2) is 31.9 Å². The number of ether oxygens (including phenoxy) is 2. The number of carbonyl (C=O) groups excluding carboxylic acids is 2. The van der Waals surface area contributed by atoms with Gasteiger partial charge in [0.2, 0.25) is 0 Å². The SMILES string of the molecule is COc1ccc(OC)c(NC(=O)c2oc3c(c2C)/C(=N\NC(N)=O)CC(C)(C)C3)c1. The highest BCUT2D eigenvalue weighted by atomic mass is 16.5.